The summed E-state index contributed by atoms with van der Waals surface area (Å²) in [5.41, 5.74) is 1.53. The Morgan fingerprint density at radius 2 is 1.93 bits per heavy atom. The number of rotatable bonds is 4. The molecule has 0 spiro atoms. The lowest BCUT2D eigenvalue weighted by atomic mass is 9.92. The van der Waals surface area contributed by atoms with E-state index in [9.17, 15) is 0 Å². The second kappa shape index (κ2) is 4.97. The SMILES string of the molecule is Brc1ccc(C(CCI)C2CC2)cc1. The van der Waals surface area contributed by atoms with Gasteiger partial charge in [-0.2, -0.15) is 0 Å². The first-order valence-corrected chi connectivity index (χ1v) is 7.44. The van der Waals surface area contributed by atoms with E-state index in [2.05, 4.69) is 62.8 Å². The molecule has 1 aliphatic carbocycles. The Labute approximate surface area is 108 Å². The molecule has 2 rings (SSSR count). The summed E-state index contributed by atoms with van der Waals surface area (Å²) in [6.45, 7) is 0. The van der Waals surface area contributed by atoms with Gasteiger partial charge in [0.1, 0.15) is 0 Å². The third kappa shape index (κ3) is 2.72. The van der Waals surface area contributed by atoms with Gasteiger partial charge in [-0.3, -0.25) is 0 Å². The van der Waals surface area contributed by atoms with Gasteiger partial charge in [-0.05, 0) is 48.8 Å². The van der Waals surface area contributed by atoms with Crippen molar-refractivity contribution >= 4 is 38.5 Å². The molecule has 0 heterocycles. The van der Waals surface area contributed by atoms with Crippen molar-refractivity contribution in [1.82, 2.24) is 0 Å². The van der Waals surface area contributed by atoms with Crippen molar-refractivity contribution in [3.8, 4) is 0 Å². The number of alkyl halides is 1. The van der Waals surface area contributed by atoms with Crippen LogP contribution in [0.25, 0.3) is 0 Å². The van der Waals surface area contributed by atoms with Gasteiger partial charge in [-0.1, -0.05) is 50.7 Å². The average molecular weight is 365 g/mol. The summed E-state index contributed by atoms with van der Waals surface area (Å²) < 4.78 is 2.46. The van der Waals surface area contributed by atoms with Crippen molar-refractivity contribution in [3.05, 3.63) is 34.3 Å². The molecule has 0 radical (unpaired) electrons. The highest BCUT2D eigenvalue weighted by Crippen LogP contribution is 2.44. The van der Waals surface area contributed by atoms with Crippen LogP contribution < -0.4 is 0 Å². The van der Waals surface area contributed by atoms with Crippen molar-refractivity contribution in [2.75, 3.05) is 4.43 Å². The largest absolute Gasteiger partial charge is 0.0864 e. The molecule has 14 heavy (non-hydrogen) atoms. The smallest absolute Gasteiger partial charge is 0.0175 e. The summed E-state index contributed by atoms with van der Waals surface area (Å²) in [5, 5.41) is 0. The maximum Gasteiger partial charge on any atom is 0.0175 e. The second-order valence-corrected chi connectivity index (χ2v) is 5.97. The van der Waals surface area contributed by atoms with Crippen molar-refractivity contribution in [2.24, 2.45) is 5.92 Å². The Bertz CT molecular complexity index is 290. The summed E-state index contributed by atoms with van der Waals surface area (Å²) >= 11 is 5.97. The lowest BCUT2D eigenvalue weighted by molar-refractivity contribution is 0.594. The second-order valence-electron chi connectivity index (χ2n) is 3.97. The van der Waals surface area contributed by atoms with Crippen molar-refractivity contribution in [1.29, 1.82) is 0 Å². The highest BCUT2D eigenvalue weighted by molar-refractivity contribution is 14.1. The van der Waals surface area contributed by atoms with E-state index in [0.29, 0.717) is 0 Å². The van der Waals surface area contributed by atoms with E-state index < -0.39 is 0 Å². The van der Waals surface area contributed by atoms with Gasteiger partial charge in [0.05, 0.1) is 0 Å². The topological polar surface area (TPSA) is 0 Å². The van der Waals surface area contributed by atoms with E-state index in [1.807, 2.05) is 0 Å². The lowest BCUT2D eigenvalue weighted by Gasteiger charge is -2.15. The minimum atomic E-state index is 0.819. The van der Waals surface area contributed by atoms with Crippen LogP contribution in [0.2, 0.25) is 0 Å². The van der Waals surface area contributed by atoms with E-state index in [4.69, 9.17) is 0 Å². The predicted molar refractivity (Wildman–Crippen MR) is 73.1 cm³/mol. The molecule has 76 valence electrons. The van der Waals surface area contributed by atoms with Gasteiger partial charge in [0.2, 0.25) is 0 Å². The third-order valence-electron chi connectivity index (χ3n) is 2.91. The molecule has 1 saturated carbocycles. The van der Waals surface area contributed by atoms with Crippen LogP contribution in [-0.4, -0.2) is 4.43 Å². The Balaban J connectivity index is 2.13. The zero-order valence-corrected chi connectivity index (χ0v) is 11.8. The van der Waals surface area contributed by atoms with Crippen LogP contribution in [0.4, 0.5) is 0 Å². The molecule has 0 nitrogen and oxygen atoms in total. The molecular formula is C12H14BrI. The summed E-state index contributed by atoms with van der Waals surface area (Å²) in [5.74, 6) is 1.80. The molecule has 1 atom stereocenters. The zero-order chi connectivity index (χ0) is 9.97. The number of halogens is 2. The fourth-order valence-electron chi connectivity index (χ4n) is 2.00. The monoisotopic (exact) mass is 364 g/mol. The van der Waals surface area contributed by atoms with Crippen molar-refractivity contribution < 1.29 is 0 Å². The molecule has 1 aromatic carbocycles. The predicted octanol–water partition coefficient (Wildman–Crippen LogP) is 4.77. The minimum Gasteiger partial charge on any atom is -0.0864 e. The standard InChI is InChI=1S/C12H14BrI/c13-11-5-3-10(4-6-11)12(7-8-14)9-1-2-9/h3-6,9,12H,1-2,7-8H2. The number of hydrogen-bond donors (Lipinski definition) is 0. The number of hydrogen-bond acceptors (Lipinski definition) is 0. The molecular weight excluding hydrogens is 351 g/mol. The van der Waals surface area contributed by atoms with E-state index in [-0.39, 0.29) is 0 Å². The molecule has 0 bridgehead atoms. The lowest BCUT2D eigenvalue weighted by Crippen LogP contribution is -2.01. The van der Waals surface area contributed by atoms with Crippen LogP contribution in [0.1, 0.15) is 30.7 Å². The fraction of sp³-hybridized carbons (Fsp3) is 0.500. The molecule has 0 saturated heterocycles. The first-order chi connectivity index (χ1) is 6.81. The third-order valence-corrected chi connectivity index (χ3v) is 4.06. The minimum absolute atomic E-state index is 0.819. The average Bonchev–Trinajstić information content (AvgIpc) is 2.99. The van der Waals surface area contributed by atoms with Crippen LogP contribution in [0.3, 0.4) is 0 Å². The Kier molecular flexibility index (Phi) is 3.88. The van der Waals surface area contributed by atoms with Crippen molar-refractivity contribution in [2.45, 2.75) is 25.2 Å². The van der Waals surface area contributed by atoms with Gasteiger partial charge < -0.3 is 0 Å². The summed E-state index contributed by atoms with van der Waals surface area (Å²) in [6.07, 6.45) is 4.22. The first-order valence-electron chi connectivity index (χ1n) is 5.12. The van der Waals surface area contributed by atoms with Gasteiger partial charge in [0.15, 0.2) is 0 Å². The highest BCUT2D eigenvalue weighted by Gasteiger charge is 2.31. The Morgan fingerprint density at radius 1 is 1.29 bits per heavy atom. The molecule has 1 fully saturated rings. The van der Waals surface area contributed by atoms with Gasteiger partial charge in [0, 0.05) is 8.90 Å². The maximum atomic E-state index is 3.48. The molecule has 0 amide bonds. The molecule has 0 aromatic heterocycles. The Morgan fingerprint density at radius 3 is 2.43 bits per heavy atom. The fourth-order valence-corrected chi connectivity index (χ4v) is 2.94. The molecule has 1 aromatic rings. The molecule has 0 N–H and O–H groups in total. The van der Waals surface area contributed by atoms with Crippen molar-refractivity contribution in [3.63, 3.8) is 0 Å². The summed E-state index contributed by atoms with van der Waals surface area (Å²) in [4.78, 5) is 0. The van der Waals surface area contributed by atoms with E-state index >= 15 is 0 Å². The van der Waals surface area contributed by atoms with E-state index in [1.54, 1.807) is 0 Å². The van der Waals surface area contributed by atoms with E-state index in [1.165, 1.54) is 33.7 Å². The van der Waals surface area contributed by atoms with Crippen LogP contribution in [0.15, 0.2) is 28.7 Å². The molecule has 2 heteroatoms. The van der Waals surface area contributed by atoms with Gasteiger partial charge >= 0.3 is 0 Å². The van der Waals surface area contributed by atoms with Crippen LogP contribution in [-0.2, 0) is 0 Å². The van der Waals surface area contributed by atoms with Crippen LogP contribution in [0.5, 0.6) is 0 Å². The normalized spacial score (nSPS) is 18.1. The highest BCUT2D eigenvalue weighted by atomic mass is 127. The van der Waals surface area contributed by atoms with Gasteiger partial charge in [-0.15, -0.1) is 0 Å². The maximum absolute atomic E-state index is 3.48. The molecule has 1 unspecified atom stereocenters. The van der Waals surface area contributed by atoms with Gasteiger partial charge in [0.25, 0.3) is 0 Å². The zero-order valence-electron chi connectivity index (χ0n) is 8.05. The summed E-state index contributed by atoms with van der Waals surface area (Å²) in [6, 6.07) is 8.88. The van der Waals surface area contributed by atoms with Crippen LogP contribution >= 0.6 is 38.5 Å². The molecule has 1 aliphatic rings. The van der Waals surface area contributed by atoms with E-state index in [0.717, 1.165) is 11.8 Å². The number of benzene rings is 1. The first kappa shape index (κ1) is 10.9. The Hall–Kier alpha value is 0.430. The molecule has 0 aliphatic heterocycles. The van der Waals surface area contributed by atoms with Crippen LogP contribution in [0, 0.1) is 5.92 Å². The summed E-state index contributed by atoms with van der Waals surface area (Å²) in [7, 11) is 0. The quantitative estimate of drug-likeness (QED) is 0.533. The van der Waals surface area contributed by atoms with Gasteiger partial charge in [-0.25, -0.2) is 0 Å².